The first-order chi connectivity index (χ1) is 8.84. The first-order valence-corrected chi connectivity index (χ1v) is 6.69. The molecule has 0 fully saturated rings. The van der Waals surface area contributed by atoms with Crippen LogP contribution in [0.2, 0.25) is 0 Å². The summed E-state index contributed by atoms with van der Waals surface area (Å²) in [5.74, 6) is 1.79. The number of furan rings is 2. The standard InChI is InChI=1S/C13H16BrNO3/c14-13-5-4-11(18-13)9-15-6-2-7-16-10-12-3-1-8-17-12/h1,3-5,8,15H,2,6-7,9-10H2. The number of hydrogen-bond donors (Lipinski definition) is 1. The summed E-state index contributed by atoms with van der Waals surface area (Å²) in [5, 5.41) is 3.29. The third-order valence-electron chi connectivity index (χ3n) is 2.39. The minimum absolute atomic E-state index is 0.540. The SMILES string of the molecule is Brc1ccc(CNCCCOCc2ccco2)o1. The summed E-state index contributed by atoms with van der Waals surface area (Å²) in [4.78, 5) is 0. The van der Waals surface area contributed by atoms with E-state index in [0.717, 1.165) is 42.3 Å². The smallest absolute Gasteiger partial charge is 0.169 e. The van der Waals surface area contributed by atoms with Crippen LogP contribution in [0.3, 0.4) is 0 Å². The fourth-order valence-electron chi connectivity index (χ4n) is 1.53. The fraction of sp³-hybridized carbons (Fsp3) is 0.385. The van der Waals surface area contributed by atoms with Crippen molar-refractivity contribution >= 4 is 15.9 Å². The van der Waals surface area contributed by atoms with Crippen LogP contribution in [-0.2, 0) is 17.9 Å². The number of hydrogen-bond acceptors (Lipinski definition) is 4. The van der Waals surface area contributed by atoms with Gasteiger partial charge in [-0.3, -0.25) is 0 Å². The first-order valence-electron chi connectivity index (χ1n) is 5.89. The Kier molecular flexibility index (Phi) is 5.51. The molecule has 2 aromatic rings. The van der Waals surface area contributed by atoms with Crippen LogP contribution in [0.5, 0.6) is 0 Å². The highest BCUT2D eigenvalue weighted by Gasteiger charge is 1.98. The molecule has 0 aliphatic rings. The predicted molar refractivity (Wildman–Crippen MR) is 71.1 cm³/mol. The molecule has 0 atom stereocenters. The van der Waals surface area contributed by atoms with Gasteiger partial charge in [0, 0.05) is 6.61 Å². The molecular weight excluding hydrogens is 298 g/mol. The van der Waals surface area contributed by atoms with Crippen LogP contribution < -0.4 is 5.32 Å². The molecule has 2 heterocycles. The van der Waals surface area contributed by atoms with Crippen molar-refractivity contribution in [3.8, 4) is 0 Å². The molecule has 0 bridgehead atoms. The Bertz CT molecular complexity index is 439. The predicted octanol–water partition coefficient (Wildman–Crippen LogP) is 3.33. The van der Waals surface area contributed by atoms with Crippen LogP contribution in [0.25, 0.3) is 0 Å². The van der Waals surface area contributed by atoms with Crippen molar-refractivity contribution in [2.24, 2.45) is 0 Å². The monoisotopic (exact) mass is 313 g/mol. The minimum atomic E-state index is 0.540. The van der Waals surface area contributed by atoms with Crippen LogP contribution >= 0.6 is 15.9 Å². The molecule has 0 aromatic carbocycles. The Morgan fingerprint density at radius 3 is 2.89 bits per heavy atom. The van der Waals surface area contributed by atoms with Crippen molar-refractivity contribution in [2.45, 2.75) is 19.6 Å². The van der Waals surface area contributed by atoms with Gasteiger partial charge in [0.2, 0.25) is 0 Å². The van der Waals surface area contributed by atoms with Gasteiger partial charge in [0.1, 0.15) is 18.1 Å². The molecule has 2 aromatic heterocycles. The van der Waals surface area contributed by atoms with E-state index in [-0.39, 0.29) is 0 Å². The van der Waals surface area contributed by atoms with Gasteiger partial charge in [0.25, 0.3) is 0 Å². The summed E-state index contributed by atoms with van der Waals surface area (Å²) in [5.41, 5.74) is 0. The van der Waals surface area contributed by atoms with Crippen LogP contribution in [0.4, 0.5) is 0 Å². The van der Waals surface area contributed by atoms with Gasteiger partial charge in [-0.15, -0.1) is 0 Å². The molecule has 18 heavy (non-hydrogen) atoms. The van der Waals surface area contributed by atoms with Gasteiger partial charge >= 0.3 is 0 Å². The van der Waals surface area contributed by atoms with E-state index in [2.05, 4.69) is 21.2 Å². The van der Waals surface area contributed by atoms with Gasteiger partial charge in [-0.2, -0.15) is 0 Å². The maximum atomic E-state index is 5.47. The van der Waals surface area contributed by atoms with Gasteiger partial charge in [-0.25, -0.2) is 0 Å². The lowest BCUT2D eigenvalue weighted by Crippen LogP contribution is -2.15. The largest absolute Gasteiger partial charge is 0.467 e. The van der Waals surface area contributed by atoms with E-state index in [9.17, 15) is 0 Å². The second-order valence-corrected chi connectivity index (χ2v) is 4.65. The summed E-state index contributed by atoms with van der Waals surface area (Å²) < 4.78 is 16.8. The molecule has 0 unspecified atom stereocenters. The van der Waals surface area contributed by atoms with Crippen LogP contribution in [-0.4, -0.2) is 13.2 Å². The topological polar surface area (TPSA) is 47.5 Å². The third kappa shape index (κ3) is 4.68. The van der Waals surface area contributed by atoms with E-state index in [1.54, 1.807) is 6.26 Å². The molecule has 98 valence electrons. The van der Waals surface area contributed by atoms with E-state index in [1.807, 2.05) is 24.3 Å². The lowest BCUT2D eigenvalue weighted by atomic mass is 10.4. The fourth-order valence-corrected chi connectivity index (χ4v) is 1.87. The van der Waals surface area contributed by atoms with Crippen molar-refractivity contribution in [1.82, 2.24) is 5.32 Å². The first kappa shape index (κ1) is 13.4. The van der Waals surface area contributed by atoms with Crippen molar-refractivity contribution in [3.05, 3.63) is 46.7 Å². The van der Waals surface area contributed by atoms with Crippen molar-refractivity contribution in [1.29, 1.82) is 0 Å². The lowest BCUT2D eigenvalue weighted by molar-refractivity contribution is 0.104. The average Bonchev–Trinajstić information content (AvgIpc) is 3.00. The highest BCUT2D eigenvalue weighted by Crippen LogP contribution is 2.13. The lowest BCUT2D eigenvalue weighted by Gasteiger charge is -2.03. The zero-order valence-electron chi connectivity index (χ0n) is 10.0. The molecule has 4 nitrogen and oxygen atoms in total. The number of nitrogens with one attached hydrogen (secondary N) is 1. The molecular formula is C13H16BrNO3. The third-order valence-corrected chi connectivity index (χ3v) is 2.82. The molecule has 0 amide bonds. The second-order valence-electron chi connectivity index (χ2n) is 3.87. The number of ether oxygens (including phenoxy) is 1. The van der Waals surface area contributed by atoms with E-state index in [1.165, 1.54) is 0 Å². The summed E-state index contributed by atoms with van der Waals surface area (Å²) in [6.45, 7) is 2.90. The highest BCUT2D eigenvalue weighted by atomic mass is 79.9. The normalized spacial score (nSPS) is 10.9. The molecule has 0 saturated heterocycles. The summed E-state index contributed by atoms with van der Waals surface area (Å²) in [6.07, 6.45) is 2.62. The van der Waals surface area contributed by atoms with Crippen molar-refractivity contribution in [2.75, 3.05) is 13.2 Å². The molecule has 0 saturated carbocycles. The van der Waals surface area contributed by atoms with E-state index in [0.29, 0.717) is 6.61 Å². The van der Waals surface area contributed by atoms with Crippen molar-refractivity contribution in [3.63, 3.8) is 0 Å². The maximum Gasteiger partial charge on any atom is 0.169 e. The molecule has 0 aliphatic carbocycles. The maximum absolute atomic E-state index is 5.47. The van der Waals surface area contributed by atoms with Crippen LogP contribution in [0.15, 0.2) is 44.0 Å². The molecule has 1 N–H and O–H groups in total. The molecule has 0 radical (unpaired) electrons. The zero-order chi connectivity index (χ0) is 12.6. The molecule has 0 aliphatic heterocycles. The molecule has 0 spiro atoms. The summed E-state index contributed by atoms with van der Waals surface area (Å²) >= 11 is 3.27. The second kappa shape index (κ2) is 7.41. The molecule has 2 rings (SSSR count). The van der Waals surface area contributed by atoms with Gasteiger partial charge in [-0.05, 0) is 53.2 Å². The van der Waals surface area contributed by atoms with E-state index >= 15 is 0 Å². The Morgan fingerprint density at radius 2 is 2.17 bits per heavy atom. The highest BCUT2D eigenvalue weighted by molar-refractivity contribution is 9.10. The minimum Gasteiger partial charge on any atom is -0.467 e. The van der Waals surface area contributed by atoms with Gasteiger partial charge < -0.3 is 18.9 Å². The summed E-state index contributed by atoms with van der Waals surface area (Å²) in [7, 11) is 0. The number of rotatable bonds is 8. The van der Waals surface area contributed by atoms with Gasteiger partial charge in [0.05, 0.1) is 12.8 Å². The van der Waals surface area contributed by atoms with E-state index in [4.69, 9.17) is 13.6 Å². The Hall–Kier alpha value is -1.04. The van der Waals surface area contributed by atoms with E-state index < -0.39 is 0 Å². The Balaban J connectivity index is 1.46. The van der Waals surface area contributed by atoms with Crippen LogP contribution in [0, 0.1) is 0 Å². The van der Waals surface area contributed by atoms with Gasteiger partial charge in [-0.1, -0.05) is 0 Å². The van der Waals surface area contributed by atoms with Gasteiger partial charge in [0.15, 0.2) is 4.67 Å². The average molecular weight is 314 g/mol. The van der Waals surface area contributed by atoms with Crippen molar-refractivity contribution < 1.29 is 13.6 Å². The quantitative estimate of drug-likeness (QED) is 0.759. The number of halogens is 1. The zero-order valence-corrected chi connectivity index (χ0v) is 11.6. The van der Waals surface area contributed by atoms with Crippen LogP contribution in [0.1, 0.15) is 17.9 Å². The molecule has 5 heteroatoms. The Labute approximate surface area is 114 Å². The summed E-state index contributed by atoms with van der Waals surface area (Å²) in [6, 6.07) is 7.61. The Morgan fingerprint density at radius 1 is 1.22 bits per heavy atom.